The van der Waals surface area contributed by atoms with Gasteiger partial charge in [-0.2, -0.15) is 5.26 Å². The summed E-state index contributed by atoms with van der Waals surface area (Å²) in [7, 11) is 0. The second-order valence-corrected chi connectivity index (χ2v) is 3.98. The lowest BCUT2D eigenvalue weighted by Crippen LogP contribution is -2.17. The molecule has 0 heterocycles. The minimum absolute atomic E-state index is 0.00759. The van der Waals surface area contributed by atoms with Crippen LogP contribution in [0.5, 0.6) is 0 Å². The van der Waals surface area contributed by atoms with Crippen molar-refractivity contribution in [2.75, 3.05) is 0 Å². The van der Waals surface area contributed by atoms with Gasteiger partial charge >= 0.3 is 0 Å². The molecule has 78 valence electrons. The Morgan fingerprint density at radius 2 is 1.93 bits per heavy atom. The minimum Gasteiger partial charge on any atom is -0.298 e. The van der Waals surface area contributed by atoms with E-state index in [1.54, 1.807) is 0 Å². The predicted octanol–water partition coefficient (Wildman–Crippen LogP) is 2.83. The summed E-state index contributed by atoms with van der Waals surface area (Å²) in [5, 5.41) is 9.05. The van der Waals surface area contributed by atoms with Crippen LogP contribution in [0.15, 0.2) is 24.3 Å². The largest absolute Gasteiger partial charge is 0.298 e. The van der Waals surface area contributed by atoms with Gasteiger partial charge in [0.1, 0.15) is 5.92 Å². The molecule has 0 spiro atoms. The summed E-state index contributed by atoms with van der Waals surface area (Å²) in [6.45, 7) is 5.57. The highest BCUT2D eigenvalue weighted by atomic mass is 16.1. The van der Waals surface area contributed by atoms with Crippen molar-refractivity contribution in [3.8, 4) is 6.07 Å². The van der Waals surface area contributed by atoms with Gasteiger partial charge in [-0.3, -0.25) is 4.79 Å². The fourth-order valence-corrected chi connectivity index (χ4v) is 1.53. The smallest absolute Gasteiger partial charge is 0.156 e. The summed E-state index contributed by atoms with van der Waals surface area (Å²) in [4.78, 5) is 11.8. The number of nitriles is 1. The monoisotopic (exact) mass is 201 g/mol. The maximum absolute atomic E-state index is 11.8. The fraction of sp³-hybridized carbons (Fsp3) is 0.385. The van der Waals surface area contributed by atoms with Gasteiger partial charge < -0.3 is 0 Å². The number of hydrogen-bond acceptors (Lipinski definition) is 2. The molecule has 0 aromatic heterocycles. The summed E-state index contributed by atoms with van der Waals surface area (Å²) in [5.41, 5.74) is 1.83. The summed E-state index contributed by atoms with van der Waals surface area (Å²) in [5.74, 6) is -0.729. The van der Waals surface area contributed by atoms with Gasteiger partial charge in [-0.05, 0) is 18.1 Å². The molecular formula is C13H15NO. The Bertz CT molecular complexity index is 401. The summed E-state index contributed by atoms with van der Waals surface area (Å²) >= 11 is 0. The number of carbonyl (C=O) groups is 1. The Hall–Kier alpha value is -1.62. The third kappa shape index (κ3) is 2.44. The molecule has 0 aliphatic rings. The van der Waals surface area contributed by atoms with Gasteiger partial charge in [-0.25, -0.2) is 0 Å². The first kappa shape index (κ1) is 11.5. The van der Waals surface area contributed by atoms with Crippen LogP contribution in [0.1, 0.15) is 30.9 Å². The highest BCUT2D eigenvalue weighted by Gasteiger charge is 2.23. The Labute approximate surface area is 90.5 Å². The second-order valence-electron chi connectivity index (χ2n) is 3.98. The zero-order valence-electron chi connectivity index (χ0n) is 9.32. The summed E-state index contributed by atoms with van der Waals surface area (Å²) in [6, 6.07) is 9.64. The van der Waals surface area contributed by atoms with E-state index in [1.165, 1.54) is 0 Å². The van der Waals surface area contributed by atoms with Crippen molar-refractivity contribution in [1.82, 2.24) is 0 Å². The van der Waals surface area contributed by atoms with Crippen molar-refractivity contribution >= 4 is 5.78 Å². The van der Waals surface area contributed by atoms with E-state index in [9.17, 15) is 4.79 Å². The maximum atomic E-state index is 11.8. The molecule has 0 amide bonds. The zero-order chi connectivity index (χ0) is 11.4. The molecule has 1 rings (SSSR count). The molecule has 0 saturated carbocycles. The van der Waals surface area contributed by atoms with Gasteiger partial charge in [-0.15, -0.1) is 0 Å². The fourth-order valence-electron chi connectivity index (χ4n) is 1.53. The maximum Gasteiger partial charge on any atom is 0.156 e. The number of ketones is 1. The van der Waals surface area contributed by atoms with Crippen molar-refractivity contribution in [2.45, 2.75) is 26.7 Å². The van der Waals surface area contributed by atoms with Crippen molar-refractivity contribution in [3.05, 3.63) is 35.4 Å². The molecule has 1 atom stereocenters. The number of hydrogen-bond donors (Lipinski definition) is 0. The van der Waals surface area contributed by atoms with E-state index >= 15 is 0 Å². The topological polar surface area (TPSA) is 40.9 Å². The van der Waals surface area contributed by atoms with Crippen LogP contribution in [-0.4, -0.2) is 5.78 Å². The summed E-state index contributed by atoms with van der Waals surface area (Å²) in [6.07, 6.45) is 0. The average molecular weight is 201 g/mol. The third-order valence-corrected chi connectivity index (χ3v) is 2.48. The highest BCUT2D eigenvalue weighted by molar-refractivity contribution is 5.90. The van der Waals surface area contributed by atoms with Crippen LogP contribution in [0.3, 0.4) is 0 Å². The van der Waals surface area contributed by atoms with Crippen LogP contribution in [-0.2, 0) is 4.79 Å². The first-order valence-corrected chi connectivity index (χ1v) is 5.06. The lowest BCUT2D eigenvalue weighted by molar-refractivity contribution is -0.122. The first-order chi connectivity index (χ1) is 7.07. The highest BCUT2D eigenvalue weighted by Crippen LogP contribution is 2.22. The van der Waals surface area contributed by atoms with Gasteiger partial charge in [0, 0.05) is 5.92 Å². The number of Topliss-reactive ketones (excluding diaryl/α,β-unsaturated/α-hetero) is 1. The molecule has 15 heavy (non-hydrogen) atoms. The SMILES string of the molecule is Cc1ccccc1[C@@H](C#N)C(=O)C(C)C. The van der Waals surface area contributed by atoms with Crippen LogP contribution < -0.4 is 0 Å². The Kier molecular flexibility index (Phi) is 3.62. The van der Waals surface area contributed by atoms with Gasteiger partial charge in [0.2, 0.25) is 0 Å². The van der Waals surface area contributed by atoms with Crippen LogP contribution >= 0.6 is 0 Å². The average Bonchev–Trinajstić information content (AvgIpc) is 2.21. The molecule has 0 bridgehead atoms. The molecule has 0 fully saturated rings. The van der Waals surface area contributed by atoms with Crippen molar-refractivity contribution in [2.24, 2.45) is 5.92 Å². The molecular weight excluding hydrogens is 186 g/mol. The molecule has 0 aliphatic carbocycles. The van der Waals surface area contributed by atoms with Gasteiger partial charge in [0.15, 0.2) is 5.78 Å². The standard InChI is InChI=1S/C13H15NO/c1-9(2)13(15)12(8-14)11-7-5-4-6-10(11)3/h4-7,9,12H,1-3H3/t12-/m1/s1. The van der Waals surface area contributed by atoms with E-state index in [2.05, 4.69) is 6.07 Å². The molecule has 0 unspecified atom stereocenters. The van der Waals surface area contributed by atoms with Crippen LogP contribution in [0.2, 0.25) is 0 Å². The molecule has 2 heteroatoms. The number of aryl methyl sites for hydroxylation is 1. The molecule has 2 nitrogen and oxygen atoms in total. The van der Waals surface area contributed by atoms with E-state index in [0.717, 1.165) is 11.1 Å². The Morgan fingerprint density at radius 1 is 1.33 bits per heavy atom. The molecule has 0 aliphatic heterocycles. The lowest BCUT2D eigenvalue weighted by atomic mass is 9.88. The van der Waals surface area contributed by atoms with Crippen LogP contribution in [0.25, 0.3) is 0 Å². The van der Waals surface area contributed by atoms with E-state index in [-0.39, 0.29) is 11.7 Å². The first-order valence-electron chi connectivity index (χ1n) is 5.06. The summed E-state index contributed by atoms with van der Waals surface area (Å²) < 4.78 is 0. The van der Waals surface area contributed by atoms with Crippen LogP contribution in [0.4, 0.5) is 0 Å². The molecule has 1 aromatic rings. The molecule has 0 N–H and O–H groups in total. The quantitative estimate of drug-likeness (QED) is 0.754. The Morgan fingerprint density at radius 3 is 2.40 bits per heavy atom. The van der Waals surface area contributed by atoms with Crippen LogP contribution in [0, 0.1) is 24.2 Å². The minimum atomic E-state index is -0.619. The normalized spacial score (nSPS) is 12.2. The second kappa shape index (κ2) is 4.75. The predicted molar refractivity (Wildman–Crippen MR) is 59.4 cm³/mol. The van der Waals surface area contributed by atoms with Crippen molar-refractivity contribution in [1.29, 1.82) is 5.26 Å². The third-order valence-electron chi connectivity index (χ3n) is 2.48. The van der Waals surface area contributed by atoms with Gasteiger partial charge in [0.05, 0.1) is 6.07 Å². The van der Waals surface area contributed by atoms with E-state index in [0.29, 0.717) is 0 Å². The molecule has 0 saturated heterocycles. The van der Waals surface area contributed by atoms with Crippen molar-refractivity contribution < 1.29 is 4.79 Å². The van der Waals surface area contributed by atoms with Gasteiger partial charge in [0.25, 0.3) is 0 Å². The molecule has 0 radical (unpaired) electrons. The number of carbonyl (C=O) groups excluding carboxylic acids is 1. The van der Waals surface area contributed by atoms with Gasteiger partial charge in [-0.1, -0.05) is 38.1 Å². The zero-order valence-corrected chi connectivity index (χ0v) is 9.32. The van der Waals surface area contributed by atoms with E-state index < -0.39 is 5.92 Å². The number of nitrogens with zero attached hydrogens (tertiary/aromatic N) is 1. The Balaban J connectivity index is 3.10. The van der Waals surface area contributed by atoms with E-state index in [1.807, 2.05) is 45.0 Å². The van der Waals surface area contributed by atoms with Crippen molar-refractivity contribution in [3.63, 3.8) is 0 Å². The van der Waals surface area contributed by atoms with E-state index in [4.69, 9.17) is 5.26 Å². The number of rotatable bonds is 3. The molecule has 1 aromatic carbocycles. The number of benzene rings is 1. The lowest BCUT2D eigenvalue weighted by Gasteiger charge is -2.13.